The van der Waals surface area contributed by atoms with Crippen LogP contribution in [0.1, 0.15) is 23.6 Å². The number of halogens is 1. The maximum absolute atomic E-state index is 12.4. The van der Waals surface area contributed by atoms with E-state index in [1.807, 2.05) is 44.2 Å². The van der Waals surface area contributed by atoms with Crippen molar-refractivity contribution in [1.82, 2.24) is 4.90 Å². The Bertz CT molecular complexity index is 1060. The highest BCUT2D eigenvalue weighted by Crippen LogP contribution is 2.37. The Labute approximate surface area is 194 Å². The van der Waals surface area contributed by atoms with Crippen LogP contribution in [0.25, 0.3) is 6.08 Å². The molecule has 154 valence electrons. The van der Waals surface area contributed by atoms with Crippen LogP contribution < -0.4 is 9.47 Å². The zero-order chi connectivity index (χ0) is 21.7. The molecule has 0 radical (unpaired) electrons. The van der Waals surface area contributed by atoms with Gasteiger partial charge in [-0.1, -0.05) is 35.7 Å². The highest BCUT2D eigenvalue weighted by molar-refractivity contribution is 14.1. The summed E-state index contributed by atoms with van der Waals surface area (Å²) in [4.78, 5) is 25.8. The Balaban J connectivity index is 1.87. The van der Waals surface area contributed by atoms with Crippen LogP contribution in [0.5, 0.6) is 11.5 Å². The normalized spacial score (nSPS) is 14.9. The standard InChI is InChI=1S/C23H20INO4S/c1-4-9-25-22(26)20(30-23(25)27)13-17-11-18(24)21(19(12-17)28-5-2)29-14-16-8-6-7-15(3)10-16/h1,6-8,10-13H,5,9,14H2,2-3H3/b20-13+. The van der Waals surface area contributed by atoms with E-state index in [1.165, 1.54) is 5.56 Å². The number of rotatable bonds is 7. The summed E-state index contributed by atoms with van der Waals surface area (Å²) in [6, 6.07) is 11.8. The fraction of sp³-hybridized carbons (Fsp3) is 0.217. The van der Waals surface area contributed by atoms with E-state index in [9.17, 15) is 9.59 Å². The Morgan fingerprint density at radius 2 is 2.03 bits per heavy atom. The van der Waals surface area contributed by atoms with E-state index >= 15 is 0 Å². The number of hydrogen-bond acceptors (Lipinski definition) is 5. The predicted octanol–water partition coefficient (Wildman–Crippen LogP) is 5.25. The number of terminal acetylenes is 1. The van der Waals surface area contributed by atoms with Gasteiger partial charge in [0.05, 0.1) is 21.6 Å². The summed E-state index contributed by atoms with van der Waals surface area (Å²) in [5.74, 6) is 3.19. The molecule has 0 bridgehead atoms. The summed E-state index contributed by atoms with van der Waals surface area (Å²) in [7, 11) is 0. The molecule has 1 aliphatic heterocycles. The first-order chi connectivity index (χ1) is 14.4. The molecule has 1 heterocycles. The molecule has 0 unspecified atom stereocenters. The number of ether oxygens (including phenoxy) is 2. The molecule has 2 aromatic rings. The summed E-state index contributed by atoms with van der Waals surface area (Å²) in [5.41, 5.74) is 2.99. The van der Waals surface area contributed by atoms with Crippen molar-refractivity contribution < 1.29 is 19.1 Å². The molecule has 0 atom stereocenters. The van der Waals surface area contributed by atoms with Crippen LogP contribution in [0.3, 0.4) is 0 Å². The lowest BCUT2D eigenvalue weighted by molar-refractivity contribution is -0.122. The molecule has 0 saturated carbocycles. The zero-order valence-corrected chi connectivity index (χ0v) is 19.6. The number of nitrogens with zero attached hydrogens (tertiary/aromatic N) is 1. The lowest BCUT2D eigenvalue weighted by Gasteiger charge is -2.15. The number of aryl methyl sites for hydroxylation is 1. The molecule has 0 spiro atoms. The Kier molecular flexibility index (Phi) is 7.45. The zero-order valence-electron chi connectivity index (χ0n) is 16.6. The van der Waals surface area contributed by atoms with Gasteiger partial charge in [0.15, 0.2) is 11.5 Å². The van der Waals surface area contributed by atoms with Crippen molar-refractivity contribution in [3.63, 3.8) is 0 Å². The van der Waals surface area contributed by atoms with Crippen LogP contribution in [0.2, 0.25) is 0 Å². The third-order valence-corrected chi connectivity index (χ3v) is 5.93. The highest BCUT2D eigenvalue weighted by atomic mass is 127. The fourth-order valence-corrected chi connectivity index (χ4v) is 4.53. The van der Waals surface area contributed by atoms with E-state index in [1.54, 1.807) is 6.08 Å². The minimum absolute atomic E-state index is 0.0323. The minimum atomic E-state index is -0.379. The Hall–Kier alpha value is -2.44. The van der Waals surface area contributed by atoms with Gasteiger partial charge in [0.1, 0.15) is 6.61 Å². The quantitative estimate of drug-likeness (QED) is 0.277. The molecule has 2 aromatic carbocycles. The monoisotopic (exact) mass is 533 g/mol. The second-order valence-electron chi connectivity index (χ2n) is 6.51. The molecule has 0 N–H and O–H groups in total. The van der Waals surface area contributed by atoms with Gasteiger partial charge in [0, 0.05) is 0 Å². The summed E-state index contributed by atoms with van der Waals surface area (Å²) in [6.45, 7) is 4.80. The number of hydrogen-bond donors (Lipinski definition) is 0. The summed E-state index contributed by atoms with van der Waals surface area (Å²) in [6.07, 6.45) is 6.92. The molecule has 0 aliphatic carbocycles. The SMILES string of the molecule is C#CCN1C(=O)S/C(=C/c2cc(I)c(OCc3cccc(C)c3)c(OCC)c2)C1=O. The maximum Gasteiger partial charge on any atom is 0.294 e. The van der Waals surface area contributed by atoms with Crippen LogP contribution >= 0.6 is 34.4 Å². The van der Waals surface area contributed by atoms with Gasteiger partial charge in [-0.05, 0) is 77.5 Å². The van der Waals surface area contributed by atoms with E-state index in [-0.39, 0.29) is 17.7 Å². The number of carbonyl (C=O) groups excluding carboxylic acids is 2. The van der Waals surface area contributed by atoms with Gasteiger partial charge >= 0.3 is 0 Å². The molecule has 0 aromatic heterocycles. The number of amides is 2. The molecule has 1 saturated heterocycles. The lowest BCUT2D eigenvalue weighted by atomic mass is 10.1. The Morgan fingerprint density at radius 1 is 1.23 bits per heavy atom. The number of thioether (sulfide) groups is 1. The number of carbonyl (C=O) groups is 2. The van der Waals surface area contributed by atoms with E-state index in [0.29, 0.717) is 29.6 Å². The molecular formula is C23H20INO4S. The third-order valence-electron chi connectivity index (χ3n) is 4.22. The van der Waals surface area contributed by atoms with Gasteiger partial charge in [-0.3, -0.25) is 14.5 Å². The summed E-state index contributed by atoms with van der Waals surface area (Å²) < 4.78 is 12.7. The van der Waals surface area contributed by atoms with Gasteiger partial charge in [-0.2, -0.15) is 0 Å². The third kappa shape index (κ3) is 5.18. The molecule has 1 fully saturated rings. The summed E-state index contributed by atoms with van der Waals surface area (Å²) in [5, 5.41) is -0.359. The molecule has 3 rings (SSSR count). The molecule has 30 heavy (non-hydrogen) atoms. The second-order valence-corrected chi connectivity index (χ2v) is 8.67. The topological polar surface area (TPSA) is 55.8 Å². The van der Waals surface area contributed by atoms with Crippen molar-refractivity contribution in [2.45, 2.75) is 20.5 Å². The van der Waals surface area contributed by atoms with Crippen LogP contribution in [0.4, 0.5) is 4.79 Å². The van der Waals surface area contributed by atoms with Crippen LogP contribution in [-0.4, -0.2) is 29.2 Å². The van der Waals surface area contributed by atoms with E-state index < -0.39 is 0 Å². The average Bonchev–Trinajstić information content (AvgIpc) is 2.95. The van der Waals surface area contributed by atoms with Crippen LogP contribution in [-0.2, 0) is 11.4 Å². The van der Waals surface area contributed by atoms with Crippen molar-refractivity contribution in [2.24, 2.45) is 0 Å². The predicted molar refractivity (Wildman–Crippen MR) is 127 cm³/mol. The summed E-state index contributed by atoms with van der Waals surface area (Å²) >= 11 is 3.07. The molecule has 2 amide bonds. The van der Waals surface area contributed by atoms with E-state index in [0.717, 1.165) is 31.4 Å². The first kappa shape index (κ1) is 22.2. The van der Waals surface area contributed by atoms with Crippen LogP contribution in [0.15, 0.2) is 41.3 Å². The first-order valence-electron chi connectivity index (χ1n) is 9.26. The van der Waals surface area contributed by atoms with Crippen molar-refractivity contribution in [3.8, 4) is 23.8 Å². The molecule has 5 nitrogen and oxygen atoms in total. The minimum Gasteiger partial charge on any atom is -0.490 e. The molecular weight excluding hydrogens is 513 g/mol. The van der Waals surface area contributed by atoms with E-state index in [2.05, 4.69) is 34.6 Å². The van der Waals surface area contributed by atoms with Crippen molar-refractivity contribution in [3.05, 3.63) is 61.6 Å². The van der Waals surface area contributed by atoms with Crippen molar-refractivity contribution >= 4 is 51.6 Å². The van der Waals surface area contributed by atoms with Gasteiger partial charge in [-0.25, -0.2) is 0 Å². The highest BCUT2D eigenvalue weighted by Gasteiger charge is 2.34. The maximum atomic E-state index is 12.4. The average molecular weight is 533 g/mol. The van der Waals surface area contributed by atoms with Gasteiger partial charge in [-0.15, -0.1) is 6.42 Å². The van der Waals surface area contributed by atoms with Gasteiger partial charge in [0.2, 0.25) is 0 Å². The second kappa shape index (κ2) is 10.0. The number of benzene rings is 2. The van der Waals surface area contributed by atoms with Crippen molar-refractivity contribution in [2.75, 3.05) is 13.2 Å². The Morgan fingerprint density at radius 3 is 2.73 bits per heavy atom. The van der Waals surface area contributed by atoms with Gasteiger partial charge < -0.3 is 9.47 Å². The fourth-order valence-electron chi connectivity index (χ4n) is 2.91. The van der Waals surface area contributed by atoms with Crippen molar-refractivity contribution in [1.29, 1.82) is 0 Å². The smallest absolute Gasteiger partial charge is 0.294 e. The molecule has 7 heteroatoms. The lowest BCUT2D eigenvalue weighted by Crippen LogP contribution is -2.28. The largest absolute Gasteiger partial charge is 0.490 e. The van der Waals surface area contributed by atoms with Gasteiger partial charge in [0.25, 0.3) is 11.1 Å². The number of imide groups is 1. The van der Waals surface area contributed by atoms with E-state index in [4.69, 9.17) is 15.9 Å². The molecule has 1 aliphatic rings. The van der Waals surface area contributed by atoms with Crippen LogP contribution in [0, 0.1) is 22.8 Å². The first-order valence-corrected chi connectivity index (χ1v) is 11.2.